The van der Waals surface area contributed by atoms with Gasteiger partial charge in [-0.1, -0.05) is 24.6 Å². The van der Waals surface area contributed by atoms with E-state index in [0.29, 0.717) is 17.3 Å². The molecular weight excluding hydrogens is 246 g/mol. The third-order valence-electron chi connectivity index (χ3n) is 4.70. The van der Waals surface area contributed by atoms with Gasteiger partial charge < -0.3 is 5.32 Å². The number of aliphatic imine (C=N–C) groups is 1. The summed E-state index contributed by atoms with van der Waals surface area (Å²) >= 11 is 1.78. The fourth-order valence-electron chi connectivity index (χ4n) is 3.76. The van der Waals surface area contributed by atoms with E-state index in [4.69, 9.17) is 4.99 Å². The Labute approximate surface area is 112 Å². The van der Waals surface area contributed by atoms with Crippen molar-refractivity contribution in [2.45, 2.75) is 56.0 Å². The number of carbonyl (C=O) groups is 1. The van der Waals surface area contributed by atoms with Gasteiger partial charge in [-0.25, -0.2) is 0 Å². The monoisotopic (exact) mass is 265 g/mol. The number of rotatable bonds is 0. The molecule has 4 rings (SSSR count). The molecule has 1 amide bonds. The number of piperidine rings is 1. The van der Waals surface area contributed by atoms with Crippen LogP contribution in [0, 0.1) is 5.92 Å². The molecule has 18 heavy (non-hydrogen) atoms. The number of nitrogens with zero attached hydrogens (tertiary/aromatic N) is 2. The van der Waals surface area contributed by atoms with Crippen molar-refractivity contribution in [3.8, 4) is 0 Å². The summed E-state index contributed by atoms with van der Waals surface area (Å²) in [6.45, 7) is 1.08. The molecule has 98 valence electrons. The minimum atomic E-state index is 0.184. The van der Waals surface area contributed by atoms with Crippen LogP contribution in [0.2, 0.25) is 0 Å². The zero-order valence-corrected chi connectivity index (χ0v) is 11.3. The second-order valence-corrected chi connectivity index (χ2v) is 6.89. The Morgan fingerprint density at radius 3 is 3.06 bits per heavy atom. The van der Waals surface area contributed by atoms with E-state index >= 15 is 0 Å². The normalized spacial score (nSPS) is 43.0. The van der Waals surface area contributed by atoms with Crippen LogP contribution in [0.1, 0.15) is 38.5 Å². The molecule has 3 heterocycles. The molecule has 0 radical (unpaired) electrons. The molecule has 1 aliphatic carbocycles. The van der Waals surface area contributed by atoms with Gasteiger partial charge in [0.2, 0.25) is 5.91 Å². The van der Waals surface area contributed by atoms with Crippen molar-refractivity contribution >= 4 is 22.8 Å². The summed E-state index contributed by atoms with van der Waals surface area (Å²) in [5.74, 6) is 0.553. The molecule has 1 N–H and O–H groups in total. The topological polar surface area (TPSA) is 44.7 Å². The third kappa shape index (κ3) is 1.56. The molecule has 4 nitrogen and oxygen atoms in total. The summed E-state index contributed by atoms with van der Waals surface area (Å²) in [7, 11) is 0. The number of thioether (sulfide) groups is 1. The summed E-state index contributed by atoms with van der Waals surface area (Å²) in [6.07, 6.45) is 6.90. The molecule has 0 aromatic heterocycles. The van der Waals surface area contributed by atoms with Crippen LogP contribution >= 0.6 is 11.8 Å². The van der Waals surface area contributed by atoms with E-state index in [2.05, 4.69) is 5.32 Å². The van der Waals surface area contributed by atoms with Gasteiger partial charge in [0.25, 0.3) is 0 Å². The van der Waals surface area contributed by atoms with Crippen molar-refractivity contribution in [3.63, 3.8) is 0 Å². The summed E-state index contributed by atoms with van der Waals surface area (Å²) in [5, 5.41) is 4.92. The number of amides is 1. The van der Waals surface area contributed by atoms with Crippen LogP contribution in [0.4, 0.5) is 0 Å². The zero-order valence-electron chi connectivity index (χ0n) is 10.5. The highest BCUT2D eigenvalue weighted by molar-refractivity contribution is 8.14. The van der Waals surface area contributed by atoms with Gasteiger partial charge in [-0.05, 0) is 32.2 Å². The van der Waals surface area contributed by atoms with Gasteiger partial charge in [0.1, 0.15) is 0 Å². The smallest absolute Gasteiger partial charge is 0.234 e. The van der Waals surface area contributed by atoms with Crippen LogP contribution < -0.4 is 5.32 Å². The Bertz CT molecular complexity index is 411. The maximum atomic E-state index is 12.7. The Balaban J connectivity index is 1.68. The zero-order chi connectivity index (χ0) is 12.1. The molecule has 5 heteroatoms. The first-order valence-corrected chi connectivity index (χ1v) is 8.03. The minimum absolute atomic E-state index is 0.184. The standard InChI is InChI=1S/C13H19N3OS/c17-12-8-4-1-2-5-9(8)15-13-16(12)10-6-3-7-14-11(10)18-13/h8-11,14H,1-7H2. The first kappa shape index (κ1) is 11.3. The molecule has 1 saturated carbocycles. The molecule has 4 aliphatic rings. The average Bonchev–Trinajstić information content (AvgIpc) is 2.77. The molecule has 2 saturated heterocycles. The lowest BCUT2D eigenvalue weighted by Crippen LogP contribution is -2.54. The fourth-order valence-corrected chi connectivity index (χ4v) is 5.14. The molecule has 0 aromatic carbocycles. The maximum Gasteiger partial charge on any atom is 0.234 e. The predicted octanol–water partition coefficient (Wildman–Crippen LogP) is 1.57. The summed E-state index contributed by atoms with van der Waals surface area (Å²) in [4.78, 5) is 19.6. The largest absolute Gasteiger partial charge is 0.303 e. The van der Waals surface area contributed by atoms with E-state index in [1.54, 1.807) is 11.8 Å². The second-order valence-electron chi connectivity index (χ2n) is 5.78. The van der Waals surface area contributed by atoms with Gasteiger partial charge in [0.05, 0.1) is 23.4 Å². The lowest BCUT2D eigenvalue weighted by molar-refractivity contribution is -0.135. The van der Waals surface area contributed by atoms with Crippen LogP contribution in [-0.2, 0) is 4.79 Å². The Morgan fingerprint density at radius 2 is 2.11 bits per heavy atom. The molecule has 4 atom stereocenters. The van der Waals surface area contributed by atoms with Gasteiger partial charge in [-0.3, -0.25) is 14.7 Å². The average molecular weight is 265 g/mol. The van der Waals surface area contributed by atoms with Crippen LogP contribution in [0.5, 0.6) is 0 Å². The number of hydrogen-bond donors (Lipinski definition) is 1. The van der Waals surface area contributed by atoms with E-state index in [0.717, 1.165) is 31.0 Å². The van der Waals surface area contributed by atoms with E-state index in [1.165, 1.54) is 19.3 Å². The quantitative estimate of drug-likeness (QED) is 0.723. The molecule has 3 aliphatic heterocycles. The van der Waals surface area contributed by atoms with E-state index in [1.807, 2.05) is 4.90 Å². The first-order chi connectivity index (χ1) is 8.84. The van der Waals surface area contributed by atoms with Crippen molar-refractivity contribution in [2.75, 3.05) is 6.54 Å². The van der Waals surface area contributed by atoms with Gasteiger partial charge in [-0.15, -0.1) is 0 Å². The van der Waals surface area contributed by atoms with E-state index in [9.17, 15) is 4.79 Å². The van der Waals surface area contributed by atoms with Crippen LogP contribution in [0.3, 0.4) is 0 Å². The Morgan fingerprint density at radius 1 is 1.22 bits per heavy atom. The molecule has 0 aromatic rings. The van der Waals surface area contributed by atoms with Crippen molar-refractivity contribution in [1.82, 2.24) is 10.2 Å². The molecule has 4 unspecified atom stereocenters. The van der Waals surface area contributed by atoms with Crippen LogP contribution in [0.25, 0.3) is 0 Å². The van der Waals surface area contributed by atoms with E-state index in [-0.39, 0.29) is 12.0 Å². The highest BCUT2D eigenvalue weighted by Crippen LogP contribution is 2.42. The van der Waals surface area contributed by atoms with Crippen molar-refractivity contribution in [3.05, 3.63) is 0 Å². The number of nitrogens with one attached hydrogen (secondary N) is 1. The van der Waals surface area contributed by atoms with Gasteiger partial charge in [-0.2, -0.15) is 0 Å². The molecular formula is C13H19N3OS. The summed E-state index contributed by atoms with van der Waals surface area (Å²) < 4.78 is 0. The molecule has 0 bridgehead atoms. The number of hydrogen-bond acceptors (Lipinski definition) is 4. The van der Waals surface area contributed by atoms with Crippen molar-refractivity contribution in [2.24, 2.45) is 10.9 Å². The summed E-state index contributed by atoms with van der Waals surface area (Å²) in [6, 6.07) is 0.642. The highest BCUT2D eigenvalue weighted by atomic mass is 32.2. The van der Waals surface area contributed by atoms with Crippen LogP contribution in [-0.4, -0.2) is 40.0 Å². The first-order valence-electron chi connectivity index (χ1n) is 7.15. The number of carbonyl (C=O) groups excluding carboxylic acids is 1. The highest BCUT2D eigenvalue weighted by Gasteiger charge is 2.49. The van der Waals surface area contributed by atoms with Gasteiger partial charge >= 0.3 is 0 Å². The molecule has 0 spiro atoms. The lowest BCUT2D eigenvalue weighted by atomic mass is 9.82. The predicted molar refractivity (Wildman–Crippen MR) is 72.4 cm³/mol. The SMILES string of the molecule is O=C1C2CCCCC2N=C2SC3NCCCC3N12. The van der Waals surface area contributed by atoms with Crippen LogP contribution in [0.15, 0.2) is 4.99 Å². The lowest BCUT2D eigenvalue weighted by Gasteiger charge is -2.38. The maximum absolute atomic E-state index is 12.7. The van der Waals surface area contributed by atoms with Crippen molar-refractivity contribution in [1.29, 1.82) is 0 Å². The van der Waals surface area contributed by atoms with Gasteiger partial charge in [0.15, 0.2) is 5.17 Å². The Hall–Kier alpha value is -0.550. The second kappa shape index (κ2) is 4.23. The Kier molecular flexibility index (Phi) is 2.66. The van der Waals surface area contributed by atoms with Crippen molar-refractivity contribution < 1.29 is 4.79 Å². The fraction of sp³-hybridized carbons (Fsp3) is 0.846. The summed E-state index contributed by atoms with van der Waals surface area (Å²) in [5.41, 5.74) is 0. The number of amidine groups is 1. The third-order valence-corrected chi connectivity index (χ3v) is 5.95. The number of fused-ring (bicyclic) bond motifs is 4. The van der Waals surface area contributed by atoms with Gasteiger partial charge in [0, 0.05) is 0 Å². The van der Waals surface area contributed by atoms with E-state index < -0.39 is 0 Å². The minimum Gasteiger partial charge on any atom is -0.303 e. The molecule has 3 fully saturated rings.